The van der Waals surface area contributed by atoms with Crippen molar-refractivity contribution in [3.8, 4) is 0 Å². The summed E-state index contributed by atoms with van der Waals surface area (Å²) in [6.07, 6.45) is 1.08. The van der Waals surface area contributed by atoms with Crippen LogP contribution in [0.2, 0.25) is 0 Å². The van der Waals surface area contributed by atoms with Gasteiger partial charge in [0.15, 0.2) is 0 Å². The number of benzene rings is 1. The molecule has 0 saturated heterocycles. The summed E-state index contributed by atoms with van der Waals surface area (Å²) in [4.78, 5) is 14.1. The summed E-state index contributed by atoms with van der Waals surface area (Å²) in [5.41, 5.74) is -0.969. The molecule has 0 saturated carbocycles. The molecule has 1 atom stereocenters. The summed E-state index contributed by atoms with van der Waals surface area (Å²) in [7, 11) is -3.26. The zero-order valence-electron chi connectivity index (χ0n) is 14.1. The number of hydrogen-bond donors (Lipinski definition) is 0. The largest absolute Gasteiger partial charge is 0.336 e. The molecule has 7 heteroatoms. The molecule has 1 rings (SSSR count). The molecule has 1 amide bonds. The molecule has 0 bridgehead atoms. The fraction of sp³-hybridized carbons (Fsp3) is 0.562. The summed E-state index contributed by atoms with van der Waals surface area (Å²) in [6.45, 7) is 6.64. The second-order valence-electron chi connectivity index (χ2n) is 6.65. The van der Waals surface area contributed by atoms with Crippen LogP contribution in [-0.2, 0) is 14.6 Å². The van der Waals surface area contributed by atoms with Crippen molar-refractivity contribution in [2.75, 3.05) is 18.6 Å². The molecule has 1 unspecified atom stereocenters. The summed E-state index contributed by atoms with van der Waals surface area (Å²) >= 11 is 0. The first-order chi connectivity index (χ1) is 10.3. The first-order valence-corrected chi connectivity index (χ1v) is 9.34. The van der Waals surface area contributed by atoms with Crippen molar-refractivity contribution in [3.63, 3.8) is 0 Å². The van der Waals surface area contributed by atoms with Crippen molar-refractivity contribution in [1.29, 1.82) is 0 Å². The standard InChI is InChI=1S/C16H23F2NO3S/c1-11(14-12(17)7-6-8-13(14)18)15(20)19(16(2,3)4)9-10-23(5,21)22/h6-8,11H,9-10H2,1-5H3. The molecule has 4 nitrogen and oxygen atoms in total. The molecule has 0 spiro atoms. The zero-order valence-corrected chi connectivity index (χ0v) is 14.9. The smallest absolute Gasteiger partial charge is 0.230 e. The maximum absolute atomic E-state index is 13.9. The Hall–Kier alpha value is -1.50. The zero-order chi connectivity index (χ0) is 18.0. The highest BCUT2D eigenvalue weighted by atomic mass is 32.2. The van der Waals surface area contributed by atoms with Crippen molar-refractivity contribution in [3.05, 3.63) is 35.4 Å². The third kappa shape index (κ3) is 5.27. The molecule has 0 aliphatic heterocycles. The highest BCUT2D eigenvalue weighted by Crippen LogP contribution is 2.27. The Morgan fingerprint density at radius 3 is 2.09 bits per heavy atom. The monoisotopic (exact) mass is 347 g/mol. The van der Waals surface area contributed by atoms with Crippen LogP contribution in [0, 0.1) is 11.6 Å². The van der Waals surface area contributed by atoms with Crippen molar-refractivity contribution in [2.24, 2.45) is 0 Å². The van der Waals surface area contributed by atoms with Crippen LogP contribution in [0.25, 0.3) is 0 Å². The molecule has 0 aliphatic carbocycles. The molecular formula is C16H23F2NO3S. The summed E-state index contributed by atoms with van der Waals surface area (Å²) in [5, 5.41) is 0. The lowest BCUT2D eigenvalue weighted by Crippen LogP contribution is -2.49. The number of amides is 1. The SMILES string of the molecule is CC(C(=O)N(CCS(C)(=O)=O)C(C)(C)C)c1c(F)cccc1F. The van der Waals surface area contributed by atoms with Crippen molar-refractivity contribution in [1.82, 2.24) is 4.90 Å². The minimum absolute atomic E-state index is 0.0262. The molecule has 0 aliphatic rings. The molecule has 1 aromatic carbocycles. The van der Waals surface area contributed by atoms with Gasteiger partial charge in [-0.2, -0.15) is 0 Å². The maximum atomic E-state index is 13.9. The molecule has 130 valence electrons. The second kappa shape index (κ2) is 6.95. The molecule has 0 radical (unpaired) electrons. The van der Waals surface area contributed by atoms with Gasteiger partial charge in [-0.3, -0.25) is 4.79 Å². The molecular weight excluding hydrogens is 324 g/mol. The van der Waals surface area contributed by atoms with Gasteiger partial charge in [-0.05, 0) is 39.8 Å². The van der Waals surface area contributed by atoms with Gasteiger partial charge in [-0.1, -0.05) is 6.07 Å². The van der Waals surface area contributed by atoms with Gasteiger partial charge in [-0.15, -0.1) is 0 Å². The predicted octanol–water partition coefficient (Wildman–Crippen LogP) is 2.74. The van der Waals surface area contributed by atoms with E-state index in [0.29, 0.717) is 0 Å². The van der Waals surface area contributed by atoms with Crippen LogP contribution >= 0.6 is 0 Å². The third-order valence-corrected chi connectivity index (χ3v) is 4.49. The van der Waals surface area contributed by atoms with Crippen LogP contribution in [-0.4, -0.2) is 43.3 Å². The minimum atomic E-state index is -3.26. The number of carbonyl (C=O) groups excluding carboxylic acids is 1. The van der Waals surface area contributed by atoms with Gasteiger partial charge in [0.25, 0.3) is 0 Å². The Kier molecular flexibility index (Phi) is 5.90. The number of rotatable bonds is 5. The van der Waals surface area contributed by atoms with Gasteiger partial charge < -0.3 is 4.90 Å². The van der Waals surface area contributed by atoms with Crippen LogP contribution in [0.15, 0.2) is 18.2 Å². The Balaban J connectivity index is 3.14. The lowest BCUT2D eigenvalue weighted by atomic mass is 9.95. The predicted molar refractivity (Wildman–Crippen MR) is 85.9 cm³/mol. The molecule has 23 heavy (non-hydrogen) atoms. The first-order valence-electron chi connectivity index (χ1n) is 7.27. The van der Waals surface area contributed by atoms with Crippen LogP contribution < -0.4 is 0 Å². The van der Waals surface area contributed by atoms with Gasteiger partial charge >= 0.3 is 0 Å². The number of hydrogen-bond acceptors (Lipinski definition) is 3. The summed E-state index contributed by atoms with van der Waals surface area (Å²) in [5.74, 6) is -3.34. The fourth-order valence-electron chi connectivity index (χ4n) is 2.31. The molecule has 0 N–H and O–H groups in total. The Bertz CT molecular complexity index is 661. The van der Waals surface area contributed by atoms with Crippen molar-refractivity contribution < 1.29 is 22.0 Å². The minimum Gasteiger partial charge on any atom is -0.336 e. The van der Waals surface area contributed by atoms with E-state index < -0.39 is 38.8 Å². The van der Waals surface area contributed by atoms with E-state index in [1.165, 1.54) is 17.9 Å². The third-order valence-electron chi connectivity index (χ3n) is 3.56. The maximum Gasteiger partial charge on any atom is 0.230 e. The average Bonchev–Trinajstić information content (AvgIpc) is 2.35. The number of sulfone groups is 1. The van der Waals surface area contributed by atoms with Crippen LogP contribution in [0.5, 0.6) is 0 Å². The van der Waals surface area contributed by atoms with Crippen LogP contribution in [0.3, 0.4) is 0 Å². The van der Waals surface area contributed by atoms with E-state index in [4.69, 9.17) is 0 Å². The Morgan fingerprint density at radius 2 is 1.70 bits per heavy atom. The lowest BCUT2D eigenvalue weighted by molar-refractivity contribution is -0.137. The average molecular weight is 347 g/mol. The van der Waals surface area contributed by atoms with Gasteiger partial charge in [0.1, 0.15) is 21.5 Å². The van der Waals surface area contributed by atoms with E-state index >= 15 is 0 Å². The van der Waals surface area contributed by atoms with Crippen molar-refractivity contribution >= 4 is 15.7 Å². The highest BCUT2D eigenvalue weighted by Gasteiger charge is 2.33. The number of carbonyl (C=O) groups is 1. The van der Waals surface area contributed by atoms with E-state index in [2.05, 4.69) is 0 Å². The molecule has 1 aromatic rings. The molecule has 0 aromatic heterocycles. The van der Waals surface area contributed by atoms with E-state index in [-0.39, 0.29) is 17.9 Å². The van der Waals surface area contributed by atoms with Gasteiger partial charge in [-0.25, -0.2) is 17.2 Å². The topological polar surface area (TPSA) is 54.5 Å². The summed E-state index contributed by atoms with van der Waals surface area (Å²) < 4.78 is 50.5. The lowest BCUT2D eigenvalue weighted by Gasteiger charge is -2.37. The van der Waals surface area contributed by atoms with Crippen molar-refractivity contribution in [2.45, 2.75) is 39.2 Å². The van der Waals surface area contributed by atoms with E-state index in [1.807, 2.05) is 0 Å². The fourth-order valence-corrected chi connectivity index (χ4v) is 2.83. The van der Waals surface area contributed by atoms with Gasteiger partial charge in [0, 0.05) is 23.9 Å². The molecule has 0 fully saturated rings. The Labute approximate surface area is 136 Å². The first kappa shape index (κ1) is 19.5. The number of nitrogens with zero attached hydrogens (tertiary/aromatic N) is 1. The van der Waals surface area contributed by atoms with E-state index in [0.717, 1.165) is 18.4 Å². The van der Waals surface area contributed by atoms with E-state index in [1.54, 1.807) is 20.8 Å². The second-order valence-corrected chi connectivity index (χ2v) is 8.91. The van der Waals surface area contributed by atoms with E-state index in [9.17, 15) is 22.0 Å². The molecule has 0 heterocycles. The van der Waals surface area contributed by atoms with Crippen LogP contribution in [0.1, 0.15) is 39.2 Å². The highest BCUT2D eigenvalue weighted by molar-refractivity contribution is 7.90. The Morgan fingerprint density at radius 1 is 1.22 bits per heavy atom. The normalized spacial score (nSPS) is 13.7. The van der Waals surface area contributed by atoms with Gasteiger partial charge in [0.2, 0.25) is 5.91 Å². The summed E-state index contributed by atoms with van der Waals surface area (Å²) in [6, 6.07) is 3.43. The number of halogens is 2. The van der Waals surface area contributed by atoms with Crippen LogP contribution in [0.4, 0.5) is 8.78 Å². The van der Waals surface area contributed by atoms with Gasteiger partial charge in [0.05, 0.1) is 11.7 Å². The quantitative estimate of drug-likeness (QED) is 0.823.